The van der Waals surface area contributed by atoms with Crippen molar-refractivity contribution < 1.29 is 18.2 Å². The molecule has 0 fully saturated rings. The predicted molar refractivity (Wildman–Crippen MR) is 91.1 cm³/mol. The van der Waals surface area contributed by atoms with Gasteiger partial charge in [-0.15, -0.1) is 0 Å². The van der Waals surface area contributed by atoms with Crippen molar-refractivity contribution in [3.8, 4) is 11.3 Å². The van der Waals surface area contributed by atoms with Crippen LogP contribution < -0.4 is 5.32 Å². The maximum absolute atomic E-state index is 14.2. The number of nitrogens with zero attached hydrogens (tertiary/aromatic N) is 3. The van der Waals surface area contributed by atoms with Crippen molar-refractivity contribution in [2.45, 2.75) is 13.8 Å². The fourth-order valence-corrected chi connectivity index (χ4v) is 2.69. The van der Waals surface area contributed by atoms with Crippen LogP contribution in [0.3, 0.4) is 0 Å². The Kier molecular flexibility index (Phi) is 3.72. The van der Waals surface area contributed by atoms with Crippen LogP contribution >= 0.6 is 0 Å². The van der Waals surface area contributed by atoms with Crippen LogP contribution in [0.2, 0.25) is 0 Å². The number of aromatic nitrogens is 3. The van der Waals surface area contributed by atoms with Crippen LogP contribution in [-0.4, -0.2) is 21.2 Å². The summed E-state index contributed by atoms with van der Waals surface area (Å²) in [5.41, 5.74) is 1.45. The molecular formula is C18H13FN4O3. The number of amides is 1. The van der Waals surface area contributed by atoms with Crippen molar-refractivity contribution in [2.24, 2.45) is 0 Å². The number of fused-ring (bicyclic) bond motifs is 1. The van der Waals surface area contributed by atoms with Gasteiger partial charge in [0.05, 0.1) is 22.3 Å². The number of pyridine rings is 1. The second-order valence-electron chi connectivity index (χ2n) is 5.76. The zero-order chi connectivity index (χ0) is 18.3. The van der Waals surface area contributed by atoms with Crippen molar-refractivity contribution in [1.29, 1.82) is 0 Å². The van der Waals surface area contributed by atoms with Gasteiger partial charge in [-0.2, -0.15) is 0 Å². The number of hydrogen-bond donors (Lipinski definition) is 1. The molecule has 4 aromatic rings. The lowest BCUT2D eigenvalue weighted by atomic mass is 10.0. The maximum Gasteiger partial charge on any atom is 0.259 e. The van der Waals surface area contributed by atoms with E-state index in [2.05, 4.69) is 20.6 Å². The van der Waals surface area contributed by atoms with Crippen molar-refractivity contribution in [3.05, 3.63) is 59.2 Å². The van der Waals surface area contributed by atoms with E-state index >= 15 is 0 Å². The van der Waals surface area contributed by atoms with Gasteiger partial charge in [0.15, 0.2) is 5.82 Å². The van der Waals surface area contributed by atoms with Gasteiger partial charge < -0.3 is 14.4 Å². The molecular weight excluding hydrogens is 339 g/mol. The fraction of sp³-hybridized carbons (Fsp3) is 0.111. The third-order valence-corrected chi connectivity index (χ3v) is 3.88. The molecule has 0 saturated heterocycles. The van der Waals surface area contributed by atoms with Crippen molar-refractivity contribution in [2.75, 3.05) is 5.32 Å². The number of benzene rings is 1. The summed E-state index contributed by atoms with van der Waals surface area (Å²) in [4.78, 5) is 17.1. The Labute approximate surface area is 146 Å². The van der Waals surface area contributed by atoms with Gasteiger partial charge >= 0.3 is 0 Å². The average molecular weight is 352 g/mol. The maximum atomic E-state index is 14.2. The van der Waals surface area contributed by atoms with E-state index in [0.717, 1.165) is 0 Å². The minimum Gasteiger partial charge on any atom is -0.360 e. The van der Waals surface area contributed by atoms with E-state index in [-0.39, 0.29) is 28.4 Å². The molecule has 0 saturated carbocycles. The van der Waals surface area contributed by atoms with Crippen molar-refractivity contribution in [1.82, 2.24) is 15.3 Å². The summed E-state index contributed by atoms with van der Waals surface area (Å²) in [6.07, 6.45) is 0. The van der Waals surface area contributed by atoms with Crippen LogP contribution in [0.4, 0.5) is 10.2 Å². The molecule has 1 N–H and O–H groups in total. The third-order valence-electron chi connectivity index (χ3n) is 3.88. The summed E-state index contributed by atoms with van der Waals surface area (Å²) in [5, 5.41) is 10.7. The van der Waals surface area contributed by atoms with Crippen LogP contribution in [0.1, 0.15) is 21.8 Å². The van der Waals surface area contributed by atoms with Crippen LogP contribution in [0, 0.1) is 19.7 Å². The topological polar surface area (TPSA) is 94.1 Å². The molecule has 0 aliphatic heterocycles. The molecule has 7 nitrogen and oxygen atoms in total. The zero-order valence-electron chi connectivity index (χ0n) is 13.9. The highest BCUT2D eigenvalue weighted by Gasteiger charge is 2.21. The van der Waals surface area contributed by atoms with Gasteiger partial charge in [0, 0.05) is 11.6 Å². The molecule has 130 valence electrons. The highest BCUT2D eigenvalue weighted by atomic mass is 19.1. The van der Waals surface area contributed by atoms with E-state index in [1.165, 1.54) is 12.1 Å². The number of nitrogens with one attached hydrogen (secondary N) is 1. The minimum absolute atomic E-state index is 0.157. The van der Waals surface area contributed by atoms with E-state index in [0.29, 0.717) is 16.8 Å². The molecule has 0 radical (unpaired) electrons. The molecule has 0 unspecified atom stereocenters. The molecule has 3 heterocycles. The summed E-state index contributed by atoms with van der Waals surface area (Å²) >= 11 is 0. The summed E-state index contributed by atoms with van der Waals surface area (Å²) in [5.74, 6) is -0.0592. The first-order valence-electron chi connectivity index (χ1n) is 7.79. The Morgan fingerprint density at radius 2 is 1.92 bits per heavy atom. The summed E-state index contributed by atoms with van der Waals surface area (Å²) in [6, 6.07) is 9.27. The highest BCUT2D eigenvalue weighted by Crippen LogP contribution is 2.28. The number of hydrogen-bond acceptors (Lipinski definition) is 6. The molecule has 4 rings (SSSR count). The first kappa shape index (κ1) is 15.9. The molecule has 26 heavy (non-hydrogen) atoms. The summed E-state index contributed by atoms with van der Waals surface area (Å²) in [7, 11) is 0. The minimum atomic E-state index is -0.450. The Hall–Kier alpha value is -3.55. The standard InChI is InChI=1S/C18H13FN4O3/c1-9-7-15(23-25-9)21-17(24)12-8-14(11-5-3-4-6-13(11)19)20-18-16(12)10(2)22-26-18/h3-8H,1-2H3,(H,21,23,24). The summed E-state index contributed by atoms with van der Waals surface area (Å²) in [6.45, 7) is 3.42. The molecule has 3 aromatic heterocycles. The monoisotopic (exact) mass is 352 g/mol. The number of halogens is 1. The summed E-state index contributed by atoms with van der Waals surface area (Å²) < 4.78 is 24.3. The van der Waals surface area contributed by atoms with E-state index in [4.69, 9.17) is 9.05 Å². The number of aryl methyl sites for hydroxylation is 2. The second-order valence-corrected chi connectivity index (χ2v) is 5.76. The molecule has 8 heteroatoms. The smallest absolute Gasteiger partial charge is 0.259 e. The Morgan fingerprint density at radius 1 is 1.12 bits per heavy atom. The van der Waals surface area contributed by atoms with Crippen LogP contribution in [0.5, 0.6) is 0 Å². The van der Waals surface area contributed by atoms with Gasteiger partial charge in [-0.05, 0) is 32.0 Å². The van der Waals surface area contributed by atoms with Gasteiger partial charge in [0.2, 0.25) is 0 Å². The predicted octanol–water partition coefficient (Wildman–Crippen LogP) is 3.89. The fourth-order valence-electron chi connectivity index (χ4n) is 2.69. The van der Waals surface area contributed by atoms with Crippen LogP contribution in [0.25, 0.3) is 22.4 Å². The molecule has 0 bridgehead atoms. The van der Waals surface area contributed by atoms with E-state index in [1.807, 2.05) is 0 Å². The molecule has 0 aliphatic rings. The lowest BCUT2D eigenvalue weighted by Crippen LogP contribution is -2.13. The highest BCUT2D eigenvalue weighted by molar-refractivity contribution is 6.12. The lowest BCUT2D eigenvalue weighted by Gasteiger charge is -2.07. The normalized spacial score (nSPS) is 11.0. The SMILES string of the molecule is Cc1cc(NC(=O)c2cc(-c3ccccc3F)nc3onc(C)c23)no1. The van der Waals surface area contributed by atoms with Crippen LogP contribution in [0.15, 0.2) is 45.4 Å². The quantitative estimate of drug-likeness (QED) is 0.601. The Balaban J connectivity index is 1.85. The molecule has 1 amide bonds. The van der Waals surface area contributed by atoms with Crippen molar-refractivity contribution in [3.63, 3.8) is 0 Å². The lowest BCUT2D eigenvalue weighted by molar-refractivity contribution is 0.102. The number of carbonyl (C=O) groups is 1. The van der Waals surface area contributed by atoms with Gasteiger partial charge in [0.1, 0.15) is 11.6 Å². The number of carbonyl (C=O) groups excluding carboxylic acids is 1. The molecule has 0 aliphatic carbocycles. The van der Waals surface area contributed by atoms with E-state index in [1.54, 1.807) is 38.1 Å². The van der Waals surface area contributed by atoms with Gasteiger partial charge in [-0.1, -0.05) is 22.4 Å². The van der Waals surface area contributed by atoms with Gasteiger partial charge in [-0.3, -0.25) is 4.79 Å². The van der Waals surface area contributed by atoms with Gasteiger partial charge in [-0.25, -0.2) is 9.37 Å². The second kappa shape index (κ2) is 6.07. The Morgan fingerprint density at radius 3 is 2.65 bits per heavy atom. The van der Waals surface area contributed by atoms with E-state index < -0.39 is 11.7 Å². The zero-order valence-corrected chi connectivity index (χ0v) is 13.9. The van der Waals surface area contributed by atoms with E-state index in [9.17, 15) is 9.18 Å². The third kappa shape index (κ3) is 2.71. The molecule has 1 aromatic carbocycles. The van der Waals surface area contributed by atoms with Gasteiger partial charge in [0.25, 0.3) is 11.6 Å². The van der Waals surface area contributed by atoms with Crippen molar-refractivity contribution >= 4 is 22.8 Å². The Bertz CT molecular complexity index is 1130. The van der Waals surface area contributed by atoms with Crippen LogP contribution in [-0.2, 0) is 0 Å². The number of anilines is 1. The largest absolute Gasteiger partial charge is 0.360 e. The number of rotatable bonds is 3. The first-order valence-corrected chi connectivity index (χ1v) is 7.79. The molecule has 0 atom stereocenters. The average Bonchev–Trinajstić information content (AvgIpc) is 3.20. The molecule has 0 spiro atoms. The first-order chi connectivity index (χ1) is 12.5.